The van der Waals surface area contributed by atoms with E-state index in [0.717, 1.165) is 31.5 Å². The predicted octanol–water partition coefficient (Wildman–Crippen LogP) is 2.94. The van der Waals surface area contributed by atoms with E-state index < -0.39 is 11.6 Å². The van der Waals surface area contributed by atoms with Gasteiger partial charge in [-0.3, -0.25) is 4.99 Å². The summed E-state index contributed by atoms with van der Waals surface area (Å²) in [5.41, 5.74) is 0. The zero-order valence-electron chi connectivity index (χ0n) is 15.9. The molecule has 1 rings (SSSR count). The van der Waals surface area contributed by atoms with Gasteiger partial charge in [-0.25, -0.2) is 8.78 Å². The van der Waals surface area contributed by atoms with E-state index in [1.807, 2.05) is 6.92 Å². The molecule has 0 saturated carbocycles. The fourth-order valence-electron chi connectivity index (χ4n) is 2.60. The maximum absolute atomic E-state index is 13.1. The summed E-state index contributed by atoms with van der Waals surface area (Å²) in [6.45, 7) is 8.59. The maximum atomic E-state index is 13.1. The zero-order valence-corrected chi connectivity index (χ0v) is 15.9. The first kappa shape index (κ1) is 22.2. The predicted molar refractivity (Wildman–Crippen MR) is 100 cm³/mol. The Balaban J connectivity index is 2.46. The Hall–Kier alpha value is -1.89. The summed E-state index contributed by atoms with van der Waals surface area (Å²) in [7, 11) is 0. The fraction of sp³-hybridized carbons (Fsp3) is 0.632. The van der Waals surface area contributed by atoms with E-state index >= 15 is 0 Å². The first-order chi connectivity index (χ1) is 12.5. The molecule has 0 aromatic heterocycles. The van der Waals surface area contributed by atoms with Crippen LogP contribution < -0.4 is 15.4 Å². The fourth-order valence-corrected chi connectivity index (χ4v) is 2.60. The number of benzene rings is 1. The van der Waals surface area contributed by atoms with Crippen molar-refractivity contribution >= 4 is 5.96 Å². The molecule has 1 aromatic rings. The van der Waals surface area contributed by atoms with E-state index in [9.17, 15) is 13.9 Å². The van der Waals surface area contributed by atoms with Crippen LogP contribution in [-0.4, -0.2) is 43.9 Å². The van der Waals surface area contributed by atoms with Crippen LogP contribution in [-0.2, 0) is 0 Å². The van der Waals surface area contributed by atoms with E-state index in [1.54, 1.807) is 0 Å². The Bertz CT molecular complexity index is 554. The molecule has 1 unspecified atom stereocenters. The summed E-state index contributed by atoms with van der Waals surface area (Å²) in [5, 5.41) is 15.5. The van der Waals surface area contributed by atoms with Gasteiger partial charge in [0.05, 0.1) is 6.54 Å². The van der Waals surface area contributed by atoms with Crippen LogP contribution in [0.4, 0.5) is 8.78 Å². The zero-order chi connectivity index (χ0) is 19.4. The van der Waals surface area contributed by atoms with Gasteiger partial charge in [-0.15, -0.1) is 0 Å². The summed E-state index contributed by atoms with van der Waals surface area (Å²) >= 11 is 0. The molecule has 26 heavy (non-hydrogen) atoms. The van der Waals surface area contributed by atoms with Gasteiger partial charge >= 0.3 is 0 Å². The Morgan fingerprint density at radius 1 is 1.23 bits per heavy atom. The van der Waals surface area contributed by atoms with Crippen LogP contribution >= 0.6 is 0 Å². The minimum absolute atomic E-state index is 0.166. The van der Waals surface area contributed by atoms with Crippen molar-refractivity contribution in [3.8, 4) is 5.75 Å². The molecule has 0 fully saturated rings. The van der Waals surface area contributed by atoms with Gasteiger partial charge < -0.3 is 20.5 Å². The molecular weight excluding hydrogens is 340 g/mol. The van der Waals surface area contributed by atoms with Gasteiger partial charge in [-0.05, 0) is 43.7 Å². The van der Waals surface area contributed by atoms with E-state index in [4.69, 9.17) is 4.74 Å². The summed E-state index contributed by atoms with van der Waals surface area (Å²) in [5.74, 6) is 0.0395. The molecule has 1 aromatic carbocycles. The molecule has 0 saturated heterocycles. The van der Waals surface area contributed by atoms with Gasteiger partial charge in [0.25, 0.3) is 0 Å². The number of aliphatic hydroxyl groups is 1. The van der Waals surface area contributed by atoms with Gasteiger partial charge in [0.1, 0.15) is 12.4 Å². The van der Waals surface area contributed by atoms with Crippen LogP contribution in [0, 0.1) is 23.5 Å². The first-order valence-corrected chi connectivity index (χ1v) is 9.17. The van der Waals surface area contributed by atoms with Crippen LogP contribution in [0.2, 0.25) is 0 Å². The van der Waals surface area contributed by atoms with Gasteiger partial charge in [0, 0.05) is 25.8 Å². The number of nitrogens with zero attached hydrogens (tertiary/aromatic N) is 1. The number of rotatable bonds is 11. The molecule has 0 bridgehead atoms. The Labute approximate surface area is 154 Å². The molecular formula is C19H31F2N3O2. The lowest BCUT2D eigenvalue weighted by molar-refractivity contribution is 0.245. The SMILES string of the molecule is CCNC(=NCC(CCO)CC(C)C)NCCOc1ccc(F)c(F)c1. The van der Waals surface area contributed by atoms with Crippen molar-refractivity contribution in [3.05, 3.63) is 29.8 Å². The van der Waals surface area contributed by atoms with Gasteiger partial charge in [0.2, 0.25) is 0 Å². The first-order valence-electron chi connectivity index (χ1n) is 9.17. The van der Waals surface area contributed by atoms with Gasteiger partial charge in [-0.2, -0.15) is 0 Å². The number of hydrogen-bond donors (Lipinski definition) is 3. The number of aliphatic imine (C=N–C) groups is 1. The Morgan fingerprint density at radius 3 is 2.62 bits per heavy atom. The number of hydrogen-bond acceptors (Lipinski definition) is 3. The second-order valence-electron chi connectivity index (χ2n) is 6.58. The van der Waals surface area contributed by atoms with Crippen LogP contribution in [0.5, 0.6) is 5.75 Å². The third kappa shape index (κ3) is 8.99. The van der Waals surface area contributed by atoms with Crippen LogP contribution in [0.15, 0.2) is 23.2 Å². The molecule has 1 atom stereocenters. The average Bonchev–Trinajstić information content (AvgIpc) is 2.59. The quantitative estimate of drug-likeness (QED) is 0.318. The minimum atomic E-state index is -0.926. The van der Waals surface area contributed by atoms with E-state index in [-0.39, 0.29) is 12.4 Å². The van der Waals surface area contributed by atoms with Crippen LogP contribution in [0.3, 0.4) is 0 Å². The van der Waals surface area contributed by atoms with Crippen molar-refractivity contribution in [2.75, 3.05) is 32.8 Å². The van der Waals surface area contributed by atoms with Crippen molar-refractivity contribution in [1.29, 1.82) is 0 Å². The smallest absolute Gasteiger partial charge is 0.191 e. The normalized spacial score (nSPS) is 13.0. The lowest BCUT2D eigenvalue weighted by atomic mass is 9.94. The van der Waals surface area contributed by atoms with E-state index in [0.29, 0.717) is 37.5 Å². The topological polar surface area (TPSA) is 65.9 Å². The molecule has 0 radical (unpaired) electrons. The molecule has 148 valence electrons. The Kier molecular flexibility index (Phi) is 10.6. The highest BCUT2D eigenvalue weighted by atomic mass is 19.2. The van der Waals surface area contributed by atoms with E-state index in [1.165, 1.54) is 6.07 Å². The number of aliphatic hydroxyl groups excluding tert-OH is 1. The third-order valence-electron chi connectivity index (χ3n) is 3.75. The molecule has 0 spiro atoms. The molecule has 7 heteroatoms. The van der Waals surface area contributed by atoms with Crippen molar-refractivity contribution in [2.45, 2.75) is 33.6 Å². The van der Waals surface area contributed by atoms with E-state index in [2.05, 4.69) is 29.5 Å². The summed E-state index contributed by atoms with van der Waals surface area (Å²) in [4.78, 5) is 4.57. The molecule has 0 amide bonds. The maximum Gasteiger partial charge on any atom is 0.191 e. The van der Waals surface area contributed by atoms with Crippen molar-refractivity contribution < 1.29 is 18.6 Å². The number of halogens is 2. The number of ether oxygens (including phenoxy) is 1. The van der Waals surface area contributed by atoms with Crippen LogP contribution in [0.1, 0.15) is 33.6 Å². The summed E-state index contributed by atoms with van der Waals surface area (Å²) < 4.78 is 31.4. The molecule has 0 aliphatic heterocycles. The highest BCUT2D eigenvalue weighted by Gasteiger charge is 2.10. The van der Waals surface area contributed by atoms with Gasteiger partial charge in [-0.1, -0.05) is 13.8 Å². The summed E-state index contributed by atoms with van der Waals surface area (Å²) in [6.07, 6.45) is 1.75. The van der Waals surface area contributed by atoms with Crippen molar-refractivity contribution in [1.82, 2.24) is 10.6 Å². The standard InChI is InChI=1S/C19H31F2N3O2/c1-4-22-19(24-13-15(7-9-25)11-14(2)3)23-8-10-26-16-5-6-17(20)18(21)12-16/h5-6,12,14-15,25H,4,7-11,13H2,1-3H3,(H2,22,23,24). The average molecular weight is 371 g/mol. The molecule has 0 aliphatic carbocycles. The van der Waals surface area contributed by atoms with Gasteiger partial charge in [0.15, 0.2) is 17.6 Å². The minimum Gasteiger partial charge on any atom is -0.492 e. The third-order valence-corrected chi connectivity index (χ3v) is 3.75. The lowest BCUT2D eigenvalue weighted by Gasteiger charge is -2.17. The van der Waals surface area contributed by atoms with Crippen molar-refractivity contribution in [3.63, 3.8) is 0 Å². The lowest BCUT2D eigenvalue weighted by Crippen LogP contribution is -2.39. The monoisotopic (exact) mass is 371 g/mol. The van der Waals surface area contributed by atoms with Crippen LogP contribution in [0.25, 0.3) is 0 Å². The molecule has 0 aliphatic rings. The van der Waals surface area contributed by atoms with Crippen molar-refractivity contribution in [2.24, 2.45) is 16.8 Å². The largest absolute Gasteiger partial charge is 0.492 e. The number of guanidine groups is 1. The second-order valence-corrected chi connectivity index (χ2v) is 6.58. The number of nitrogens with one attached hydrogen (secondary N) is 2. The highest BCUT2D eigenvalue weighted by Crippen LogP contribution is 2.16. The molecule has 5 nitrogen and oxygen atoms in total. The second kappa shape index (κ2) is 12.5. The Morgan fingerprint density at radius 2 is 2.00 bits per heavy atom. The molecule has 3 N–H and O–H groups in total. The summed E-state index contributed by atoms with van der Waals surface area (Å²) in [6, 6.07) is 3.46. The molecule has 0 heterocycles. The highest BCUT2D eigenvalue weighted by molar-refractivity contribution is 5.79.